The van der Waals surface area contributed by atoms with Crippen LogP contribution in [0.4, 0.5) is 11.5 Å². The van der Waals surface area contributed by atoms with Gasteiger partial charge in [0.2, 0.25) is 0 Å². The molecule has 0 aliphatic rings. The zero-order chi connectivity index (χ0) is 12.4. The normalized spacial score (nSPS) is 10.5. The van der Waals surface area contributed by atoms with Gasteiger partial charge < -0.3 is 5.32 Å². The summed E-state index contributed by atoms with van der Waals surface area (Å²) in [5.41, 5.74) is 1.03. The third kappa shape index (κ3) is 2.19. The molecule has 4 heteroatoms. The minimum absolute atomic E-state index is 0.822. The van der Waals surface area contributed by atoms with Crippen LogP contribution in [0.1, 0.15) is 0 Å². The minimum atomic E-state index is 0.822. The molecule has 88 valence electrons. The predicted molar refractivity (Wildman–Crippen MR) is 77.0 cm³/mol. The van der Waals surface area contributed by atoms with E-state index in [1.807, 2.05) is 42.6 Å². The summed E-state index contributed by atoms with van der Waals surface area (Å²) in [4.78, 5) is 8.43. The number of benzene rings is 1. The van der Waals surface area contributed by atoms with Crippen LogP contribution in [0.5, 0.6) is 0 Å². The lowest BCUT2D eigenvalue weighted by Crippen LogP contribution is -1.93. The first-order valence-corrected chi connectivity index (χ1v) is 6.33. The summed E-state index contributed by atoms with van der Waals surface area (Å²) in [5.74, 6) is 0.822. The number of rotatable bonds is 2. The average molecular weight is 300 g/mol. The van der Waals surface area contributed by atoms with Crippen molar-refractivity contribution in [3.8, 4) is 0 Å². The van der Waals surface area contributed by atoms with E-state index in [0.717, 1.165) is 26.8 Å². The Hall–Kier alpha value is -1.94. The van der Waals surface area contributed by atoms with Gasteiger partial charge >= 0.3 is 0 Å². The lowest BCUT2D eigenvalue weighted by atomic mass is 10.1. The maximum Gasteiger partial charge on any atom is 0.130 e. The Labute approximate surface area is 113 Å². The third-order valence-electron chi connectivity index (χ3n) is 2.67. The number of anilines is 2. The number of fused-ring (bicyclic) bond motifs is 1. The molecule has 0 aliphatic carbocycles. The van der Waals surface area contributed by atoms with E-state index in [1.54, 1.807) is 12.4 Å². The molecule has 0 saturated carbocycles. The Bertz CT molecular complexity index is 675. The molecular weight excluding hydrogens is 290 g/mol. The zero-order valence-electron chi connectivity index (χ0n) is 9.47. The van der Waals surface area contributed by atoms with Crippen molar-refractivity contribution in [2.24, 2.45) is 0 Å². The summed E-state index contributed by atoms with van der Waals surface area (Å²) in [7, 11) is 0. The van der Waals surface area contributed by atoms with Crippen LogP contribution in [0, 0.1) is 0 Å². The Morgan fingerprint density at radius 3 is 2.78 bits per heavy atom. The molecule has 0 bridgehead atoms. The van der Waals surface area contributed by atoms with Crippen molar-refractivity contribution in [2.45, 2.75) is 0 Å². The van der Waals surface area contributed by atoms with Gasteiger partial charge in [-0.3, -0.25) is 4.98 Å². The average Bonchev–Trinajstić information content (AvgIpc) is 2.42. The molecule has 18 heavy (non-hydrogen) atoms. The van der Waals surface area contributed by atoms with Crippen LogP contribution in [0.3, 0.4) is 0 Å². The quantitative estimate of drug-likeness (QED) is 0.773. The highest BCUT2D eigenvalue weighted by Crippen LogP contribution is 2.25. The Kier molecular flexibility index (Phi) is 2.94. The van der Waals surface area contributed by atoms with Gasteiger partial charge in [-0.25, -0.2) is 4.98 Å². The number of hydrogen-bond donors (Lipinski definition) is 1. The molecule has 2 heterocycles. The van der Waals surface area contributed by atoms with Crippen LogP contribution in [0.15, 0.2) is 59.5 Å². The third-order valence-corrected chi connectivity index (χ3v) is 3.14. The molecule has 1 N–H and O–H groups in total. The monoisotopic (exact) mass is 299 g/mol. The first-order valence-electron chi connectivity index (χ1n) is 5.54. The molecule has 1 aromatic carbocycles. The van der Waals surface area contributed by atoms with Crippen LogP contribution in [0.25, 0.3) is 10.8 Å². The van der Waals surface area contributed by atoms with Crippen LogP contribution in [0.2, 0.25) is 0 Å². The van der Waals surface area contributed by atoms with Crippen molar-refractivity contribution in [1.29, 1.82) is 0 Å². The molecule has 2 aromatic heterocycles. The Balaban J connectivity index is 2.02. The van der Waals surface area contributed by atoms with Crippen molar-refractivity contribution in [3.63, 3.8) is 0 Å². The van der Waals surface area contributed by atoms with Crippen LogP contribution < -0.4 is 5.32 Å². The van der Waals surface area contributed by atoms with E-state index in [4.69, 9.17) is 0 Å². The Morgan fingerprint density at radius 2 is 1.94 bits per heavy atom. The molecule has 0 spiro atoms. The first kappa shape index (κ1) is 11.2. The fourth-order valence-electron chi connectivity index (χ4n) is 1.82. The van der Waals surface area contributed by atoms with Crippen molar-refractivity contribution in [3.05, 3.63) is 59.5 Å². The van der Waals surface area contributed by atoms with Crippen LogP contribution >= 0.6 is 15.9 Å². The predicted octanol–water partition coefficient (Wildman–Crippen LogP) is 4.14. The van der Waals surface area contributed by atoms with Gasteiger partial charge in [0.15, 0.2) is 0 Å². The van der Waals surface area contributed by atoms with Crippen LogP contribution in [-0.2, 0) is 0 Å². The van der Waals surface area contributed by atoms with E-state index in [9.17, 15) is 0 Å². The maximum atomic E-state index is 4.31. The molecule has 0 fully saturated rings. The standard InChI is InChI=1S/C14H10BrN3/c15-11-4-5-14(17-9-11)18-13-3-1-2-10-8-16-7-6-12(10)13/h1-9H,(H,17,18). The van der Waals surface area contributed by atoms with E-state index < -0.39 is 0 Å². The SMILES string of the molecule is Brc1ccc(Nc2cccc3cnccc23)nc1. The van der Waals surface area contributed by atoms with Gasteiger partial charge in [-0.2, -0.15) is 0 Å². The van der Waals surface area contributed by atoms with Gasteiger partial charge in [0.05, 0.1) is 0 Å². The summed E-state index contributed by atoms with van der Waals surface area (Å²) in [6.45, 7) is 0. The van der Waals surface area contributed by atoms with E-state index in [0.29, 0.717) is 0 Å². The van der Waals surface area contributed by atoms with Crippen molar-refractivity contribution in [1.82, 2.24) is 9.97 Å². The van der Waals surface area contributed by atoms with Gasteiger partial charge in [0.1, 0.15) is 5.82 Å². The summed E-state index contributed by atoms with van der Waals surface area (Å²) in [6.07, 6.45) is 5.42. The fourth-order valence-corrected chi connectivity index (χ4v) is 2.05. The molecule has 0 aliphatic heterocycles. The topological polar surface area (TPSA) is 37.8 Å². The number of nitrogens with one attached hydrogen (secondary N) is 1. The summed E-state index contributed by atoms with van der Waals surface area (Å²) >= 11 is 3.37. The Morgan fingerprint density at radius 1 is 1.00 bits per heavy atom. The molecule has 3 nitrogen and oxygen atoms in total. The van der Waals surface area contributed by atoms with Crippen molar-refractivity contribution in [2.75, 3.05) is 5.32 Å². The highest BCUT2D eigenvalue weighted by molar-refractivity contribution is 9.10. The largest absolute Gasteiger partial charge is 0.340 e. The first-order chi connectivity index (χ1) is 8.83. The highest BCUT2D eigenvalue weighted by atomic mass is 79.9. The zero-order valence-corrected chi connectivity index (χ0v) is 11.1. The second-order valence-electron chi connectivity index (χ2n) is 3.89. The van der Waals surface area contributed by atoms with Gasteiger partial charge in [0.25, 0.3) is 0 Å². The summed E-state index contributed by atoms with van der Waals surface area (Å²) < 4.78 is 0.968. The summed E-state index contributed by atoms with van der Waals surface area (Å²) in [6, 6.07) is 12.0. The van der Waals surface area contributed by atoms with Crippen molar-refractivity contribution < 1.29 is 0 Å². The second-order valence-corrected chi connectivity index (χ2v) is 4.80. The molecular formula is C14H10BrN3. The molecule has 0 atom stereocenters. The number of halogens is 1. The highest BCUT2D eigenvalue weighted by Gasteiger charge is 2.01. The van der Waals surface area contributed by atoms with Gasteiger partial charge in [-0.1, -0.05) is 12.1 Å². The fraction of sp³-hybridized carbons (Fsp3) is 0. The van der Waals surface area contributed by atoms with Gasteiger partial charge in [-0.15, -0.1) is 0 Å². The van der Waals surface area contributed by atoms with Gasteiger partial charge in [0, 0.05) is 39.5 Å². The molecule has 3 rings (SSSR count). The lowest BCUT2D eigenvalue weighted by Gasteiger charge is -2.08. The lowest BCUT2D eigenvalue weighted by molar-refractivity contribution is 1.29. The number of hydrogen-bond acceptors (Lipinski definition) is 3. The van der Waals surface area contributed by atoms with E-state index in [-0.39, 0.29) is 0 Å². The van der Waals surface area contributed by atoms with Gasteiger partial charge in [-0.05, 0) is 40.2 Å². The van der Waals surface area contributed by atoms with E-state index in [2.05, 4.69) is 31.2 Å². The van der Waals surface area contributed by atoms with Crippen LogP contribution in [-0.4, -0.2) is 9.97 Å². The smallest absolute Gasteiger partial charge is 0.130 e. The number of pyridine rings is 2. The molecule has 3 aromatic rings. The summed E-state index contributed by atoms with van der Waals surface area (Å²) in [5, 5.41) is 5.56. The molecule has 0 unspecified atom stereocenters. The van der Waals surface area contributed by atoms with E-state index in [1.165, 1.54) is 0 Å². The number of nitrogens with zero attached hydrogens (tertiary/aromatic N) is 2. The van der Waals surface area contributed by atoms with E-state index >= 15 is 0 Å². The molecule has 0 amide bonds. The number of aromatic nitrogens is 2. The molecule has 0 saturated heterocycles. The maximum absolute atomic E-state index is 4.31. The van der Waals surface area contributed by atoms with Crippen molar-refractivity contribution >= 4 is 38.2 Å². The molecule has 0 radical (unpaired) electrons. The minimum Gasteiger partial charge on any atom is -0.340 e. The second kappa shape index (κ2) is 4.74.